The van der Waals surface area contributed by atoms with Gasteiger partial charge in [-0.2, -0.15) is 0 Å². The van der Waals surface area contributed by atoms with E-state index in [1.54, 1.807) is 11.8 Å². The first-order valence-electron chi connectivity index (χ1n) is 7.95. The van der Waals surface area contributed by atoms with Gasteiger partial charge in [0.15, 0.2) is 0 Å². The van der Waals surface area contributed by atoms with Crippen molar-refractivity contribution in [2.45, 2.75) is 23.1 Å². The molecular formula is C21H19NOS. The minimum Gasteiger partial charge on any atom is -0.411 e. The molecule has 0 aromatic heterocycles. The Kier molecular flexibility index (Phi) is 5.34. The van der Waals surface area contributed by atoms with Crippen LogP contribution in [-0.4, -0.2) is 10.9 Å². The lowest BCUT2D eigenvalue weighted by molar-refractivity contribution is 0.318. The van der Waals surface area contributed by atoms with Crippen LogP contribution in [0, 0.1) is 0 Å². The van der Waals surface area contributed by atoms with E-state index in [2.05, 4.69) is 65.8 Å². The van der Waals surface area contributed by atoms with Gasteiger partial charge in [0.25, 0.3) is 0 Å². The van der Waals surface area contributed by atoms with Crippen molar-refractivity contribution in [3.8, 4) is 11.1 Å². The summed E-state index contributed by atoms with van der Waals surface area (Å²) in [7, 11) is 0. The summed E-state index contributed by atoms with van der Waals surface area (Å²) in [4.78, 5) is 2.47. The Labute approximate surface area is 146 Å². The third-order valence-electron chi connectivity index (χ3n) is 3.84. The summed E-state index contributed by atoms with van der Waals surface area (Å²) < 4.78 is 0. The maximum absolute atomic E-state index is 9.00. The van der Waals surface area contributed by atoms with E-state index >= 15 is 0 Å². The SMILES string of the molecule is CCC(=NO)c1ccc(-c2ccc(Sc3ccccc3)cc2)cc1. The molecule has 0 aliphatic rings. The minimum absolute atomic E-state index is 0.705. The Balaban J connectivity index is 1.76. The van der Waals surface area contributed by atoms with Gasteiger partial charge in [-0.05, 0) is 47.4 Å². The largest absolute Gasteiger partial charge is 0.411 e. The van der Waals surface area contributed by atoms with Gasteiger partial charge in [-0.25, -0.2) is 0 Å². The van der Waals surface area contributed by atoms with Crippen LogP contribution in [0.25, 0.3) is 11.1 Å². The van der Waals surface area contributed by atoms with E-state index < -0.39 is 0 Å². The Morgan fingerprint density at radius 1 is 0.792 bits per heavy atom. The molecule has 0 aliphatic heterocycles. The van der Waals surface area contributed by atoms with E-state index in [0.717, 1.165) is 11.1 Å². The maximum Gasteiger partial charge on any atom is 0.0865 e. The molecule has 1 N–H and O–H groups in total. The smallest absolute Gasteiger partial charge is 0.0865 e. The first-order valence-corrected chi connectivity index (χ1v) is 8.76. The Morgan fingerprint density at radius 2 is 1.33 bits per heavy atom. The van der Waals surface area contributed by atoms with E-state index in [0.29, 0.717) is 12.1 Å². The molecule has 0 aliphatic carbocycles. The van der Waals surface area contributed by atoms with E-state index in [9.17, 15) is 0 Å². The molecule has 3 aromatic carbocycles. The second kappa shape index (κ2) is 7.84. The van der Waals surface area contributed by atoms with Gasteiger partial charge in [-0.3, -0.25) is 0 Å². The zero-order chi connectivity index (χ0) is 16.8. The molecule has 0 spiro atoms. The van der Waals surface area contributed by atoms with Crippen LogP contribution < -0.4 is 0 Å². The molecule has 0 heterocycles. The molecule has 3 heteroatoms. The number of rotatable bonds is 5. The van der Waals surface area contributed by atoms with Crippen LogP contribution in [0.3, 0.4) is 0 Å². The lowest BCUT2D eigenvalue weighted by atomic mass is 10.0. The lowest BCUT2D eigenvalue weighted by Crippen LogP contribution is -1.98. The van der Waals surface area contributed by atoms with Crippen LogP contribution in [0.15, 0.2) is 93.8 Å². The predicted octanol–water partition coefficient (Wildman–Crippen LogP) is 6.09. The van der Waals surface area contributed by atoms with Gasteiger partial charge in [-0.1, -0.05) is 78.4 Å². The van der Waals surface area contributed by atoms with Crippen molar-refractivity contribution in [3.05, 3.63) is 84.4 Å². The Morgan fingerprint density at radius 3 is 1.88 bits per heavy atom. The van der Waals surface area contributed by atoms with Crippen molar-refractivity contribution >= 4 is 17.5 Å². The zero-order valence-electron chi connectivity index (χ0n) is 13.5. The average Bonchev–Trinajstić information content (AvgIpc) is 2.65. The average molecular weight is 333 g/mol. The van der Waals surface area contributed by atoms with Gasteiger partial charge in [0.05, 0.1) is 5.71 Å². The molecule has 0 saturated heterocycles. The monoisotopic (exact) mass is 333 g/mol. The first-order chi connectivity index (χ1) is 11.8. The highest BCUT2D eigenvalue weighted by atomic mass is 32.2. The fourth-order valence-corrected chi connectivity index (χ4v) is 3.37. The molecule has 0 radical (unpaired) electrons. The summed E-state index contributed by atoms with van der Waals surface area (Å²) in [6.07, 6.45) is 0.710. The fourth-order valence-electron chi connectivity index (χ4n) is 2.53. The quantitative estimate of drug-likeness (QED) is 0.348. The molecular weight excluding hydrogens is 314 g/mol. The van der Waals surface area contributed by atoms with Gasteiger partial charge in [0, 0.05) is 9.79 Å². The highest BCUT2D eigenvalue weighted by Gasteiger charge is 2.04. The predicted molar refractivity (Wildman–Crippen MR) is 101 cm³/mol. The van der Waals surface area contributed by atoms with Crippen molar-refractivity contribution < 1.29 is 5.21 Å². The molecule has 0 fully saturated rings. The minimum atomic E-state index is 0.705. The molecule has 3 aromatic rings. The van der Waals surface area contributed by atoms with Crippen molar-refractivity contribution in [1.82, 2.24) is 0 Å². The maximum atomic E-state index is 9.00. The normalized spacial score (nSPS) is 11.5. The molecule has 0 amide bonds. The molecule has 24 heavy (non-hydrogen) atoms. The van der Waals surface area contributed by atoms with Crippen LogP contribution in [0.5, 0.6) is 0 Å². The number of benzene rings is 3. The molecule has 120 valence electrons. The lowest BCUT2D eigenvalue weighted by Gasteiger charge is -2.06. The molecule has 0 bridgehead atoms. The van der Waals surface area contributed by atoms with Crippen molar-refractivity contribution in [2.75, 3.05) is 0 Å². The Bertz CT molecular complexity index is 809. The van der Waals surface area contributed by atoms with Gasteiger partial charge in [0.2, 0.25) is 0 Å². The summed E-state index contributed by atoms with van der Waals surface area (Å²) in [5.74, 6) is 0. The fraction of sp³-hybridized carbons (Fsp3) is 0.0952. The van der Waals surface area contributed by atoms with Crippen LogP contribution >= 0.6 is 11.8 Å². The van der Waals surface area contributed by atoms with E-state index in [-0.39, 0.29) is 0 Å². The molecule has 0 saturated carbocycles. The highest BCUT2D eigenvalue weighted by molar-refractivity contribution is 7.99. The second-order valence-corrected chi connectivity index (χ2v) is 6.56. The number of hydrogen-bond acceptors (Lipinski definition) is 3. The molecule has 0 atom stereocenters. The summed E-state index contributed by atoms with van der Waals surface area (Å²) in [5, 5.41) is 12.3. The molecule has 3 rings (SSSR count). The van der Waals surface area contributed by atoms with Crippen molar-refractivity contribution in [2.24, 2.45) is 5.16 Å². The molecule has 0 unspecified atom stereocenters. The Hall–Kier alpha value is -2.52. The standard InChI is InChI=1S/C21H19NOS/c1-2-21(22-23)18-10-8-16(9-11-18)17-12-14-20(15-13-17)24-19-6-4-3-5-7-19/h3-15,23H,2H2,1H3. The summed E-state index contributed by atoms with van der Waals surface area (Å²) in [6.45, 7) is 1.98. The third-order valence-corrected chi connectivity index (χ3v) is 4.86. The number of oxime groups is 1. The topological polar surface area (TPSA) is 32.6 Å². The third kappa shape index (κ3) is 3.87. The van der Waals surface area contributed by atoms with Crippen LogP contribution in [0.1, 0.15) is 18.9 Å². The van der Waals surface area contributed by atoms with E-state index in [1.807, 2.05) is 25.1 Å². The van der Waals surface area contributed by atoms with E-state index in [4.69, 9.17) is 5.21 Å². The van der Waals surface area contributed by atoms with Gasteiger partial charge in [-0.15, -0.1) is 0 Å². The van der Waals surface area contributed by atoms with Gasteiger partial charge in [0.1, 0.15) is 0 Å². The van der Waals surface area contributed by atoms with Crippen molar-refractivity contribution in [3.63, 3.8) is 0 Å². The first kappa shape index (κ1) is 16.3. The summed E-state index contributed by atoms with van der Waals surface area (Å²) in [5.41, 5.74) is 4.00. The summed E-state index contributed by atoms with van der Waals surface area (Å²) in [6, 6.07) is 27.1. The van der Waals surface area contributed by atoms with Crippen LogP contribution in [-0.2, 0) is 0 Å². The van der Waals surface area contributed by atoms with Crippen LogP contribution in [0.2, 0.25) is 0 Å². The number of nitrogens with zero attached hydrogens (tertiary/aromatic N) is 1. The zero-order valence-corrected chi connectivity index (χ0v) is 14.3. The van der Waals surface area contributed by atoms with Gasteiger partial charge >= 0.3 is 0 Å². The van der Waals surface area contributed by atoms with E-state index in [1.165, 1.54) is 15.4 Å². The van der Waals surface area contributed by atoms with Crippen LogP contribution in [0.4, 0.5) is 0 Å². The second-order valence-electron chi connectivity index (χ2n) is 5.42. The van der Waals surface area contributed by atoms with Crippen molar-refractivity contribution in [1.29, 1.82) is 0 Å². The highest BCUT2D eigenvalue weighted by Crippen LogP contribution is 2.29. The summed E-state index contributed by atoms with van der Waals surface area (Å²) >= 11 is 1.76. The molecule has 2 nitrogen and oxygen atoms in total. The number of hydrogen-bond donors (Lipinski definition) is 1. The van der Waals surface area contributed by atoms with Gasteiger partial charge < -0.3 is 5.21 Å².